The molecule has 0 radical (unpaired) electrons. The van der Waals surface area contributed by atoms with Gasteiger partial charge in [0.05, 0.1) is 5.92 Å². The number of hydrogen-bond acceptors (Lipinski definition) is 2. The van der Waals surface area contributed by atoms with Crippen molar-refractivity contribution in [3.05, 3.63) is 71.3 Å². The molecule has 1 unspecified atom stereocenters. The van der Waals surface area contributed by atoms with Gasteiger partial charge in [0.2, 0.25) is 0 Å². The van der Waals surface area contributed by atoms with Gasteiger partial charge in [0.1, 0.15) is 0 Å². The molecule has 2 rings (SSSR count). The fourth-order valence-corrected chi connectivity index (χ4v) is 2.37. The van der Waals surface area contributed by atoms with Crippen LogP contribution in [0.15, 0.2) is 54.6 Å². The zero-order valence-electron chi connectivity index (χ0n) is 11.5. The minimum absolute atomic E-state index is 0.417. The van der Waals surface area contributed by atoms with E-state index in [0.717, 1.165) is 24.0 Å². The average Bonchev–Trinajstić information content (AvgIpc) is 2.50. The van der Waals surface area contributed by atoms with Crippen molar-refractivity contribution >= 4 is 5.91 Å². The van der Waals surface area contributed by atoms with Crippen molar-refractivity contribution in [2.24, 2.45) is 0 Å². The Hall–Kier alpha value is -2.13. The number of nitrogens with one attached hydrogen (secondary N) is 1. The summed E-state index contributed by atoms with van der Waals surface area (Å²) in [7, 11) is 0. The molecule has 20 heavy (non-hydrogen) atoms. The lowest BCUT2D eigenvalue weighted by atomic mass is 9.90. The Morgan fingerprint density at radius 2 is 1.65 bits per heavy atom. The Balaban J connectivity index is 2.34. The first-order chi connectivity index (χ1) is 9.76. The molecule has 0 fully saturated rings. The van der Waals surface area contributed by atoms with Crippen LogP contribution in [0.25, 0.3) is 0 Å². The lowest BCUT2D eigenvalue weighted by Crippen LogP contribution is -2.27. The molecule has 0 saturated carbocycles. The van der Waals surface area contributed by atoms with Gasteiger partial charge in [0.15, 0.2) is 0 Å². The second-order valence-corrected chi connectivity index (χ2v) is 4.81. The number of hydrogen-bond donors (Lipinski definition) is 2. The third-order valence-electron chi connectivity index (χ3n) is 3.36. The highest BCUT2D eigenvalue weighted by atomic mass is 16.5. The molecule has 0 aliphatic rings. The van der Waals surface area contributed by atoms with Crippen molar-refractivity contribution in [1.82, 2.24) is 5.48 Å². The second kappa shape index (κ2) is 6.87. The van der Waals surface area contributed by atoms with E-state index in [4.69, 9.17) is 5.21 Å². The molecular formula is C17H19NO2. The molecule has 0 saturated heterocycles. The summed E-state index contributed by atoms with van der Waals surface area (Å²) >= 11 is 0. The molecule has 0 aromatic heterocycles. The molecule has 104 valence electrons. The van der Waals surface area contributed by atoms with Gasteiger partial charge in [-0.2, -0.15) is 0 Å². The van der Waals surface area contributed by atoms with Crippen molar-refractivity contribution in [2.45, 2.75) is 25.7 Å². The van der Waals surface area contributed by atoms with Crippen molar-refractivity contribution < 1.29 is 10.0 Å². The predicted molar refractivity (Wildman–Crippen MR) is 78.7 cm³/mol. The van der Waals surface area contributed by atoms with Crippen LogP contribution in [-0.2, 0) is 11.2 Å². The molecule has 2 aromatic rings. The van der Waals surface area contributed by atoms with E-state index in [0.29, 0.717) is 0 Å². The highest BCUT2D eigenvalue weighted by Gasteiger charge is 2.21. The first kappa shape index (κ1) is 14.3. The maximum atomic E-state index is 12.0. The summed E-state index contributed by atoms with van der Waals surface area (Å²) in [5.74, 6) is -0.906. The van der Waals surface area contributed by atoms with Crippen molar-refractivity contribution in [1.29, 1.82) is 0 Å². The largest absolute Gasteiger partial charge is 0.289 e. The smallest absolute Gasteiger partial charge is 0.255 e. The standard InChI is InChI=1S/C17H19NO2/c1-2-6-13-9-11-15(12-10-13)16(17(19)18-20)14-7-4-3-5-8-14/h3-5,7-12,16,20H,2,6H2,1H3,(H,18,19). The number of carbonyl (C=O) groups is 1. The highest BCUT2D eigenvalue weighted by molar-refractivity contribution is 5.86. The summed E-state index contributed by atoms with van der Waals surface area (Å²) in [4.78, 5) is 12.0. The third kappa shape index (κ3) is 3.25. The third-order valence-corrected chi connectivity index (χ3v) is 3.36. The van der Waals surface area contributed by atoms with E-state index in [1.807, 2.05) is 54.6 Å². The fraction of sp³-hybridized carbons (Fsp3) is 0.235. The van der Waals surface area contributed by atoms with Gasteiger partial charge in [0, 0.05) is 0 Å². The summed E-state index contributed by atoms with van der Waals surface area (Å²) in [6.45, 7) is 2.14. The molecule has 0 spiro atoms. The molecular weight excluding hydrogens is 250 g/mol. The van der Waals surface area contributed by atoms with Crippen LogP contribution in [0, 0.1) is 0 Å². The van der Waals surface area contributed by atoms with Crippen LogP contribution in [0.3, 0.4) is 0 Å². The summed E-state index contributed by atoms with van der Waals surface area (Å²) in [5.41, 5.74) is 4.76. The van der Waals surface area contributed by atoms with Crippen LogP contribution in [0.2, 0.25) is 0 Å². The SMILES string of the molecule is CCCc1ccc(C(C(=O)NO)c2ccccc2)cc1. The number of amides is 1. The zero-order valence-corrected chi connectivity index (χ0v) is 11.5. The van der Waals surface area contributed by atoms with E-state index in [9.17, 15) is 4.79 Å². The molecule has 3 nitrogen and oxygen atoms in total. The first-order valence-electron chi connectivity index (χ1n) is 6.84. The van der Waals surface area contributed by atoms with Gasteiger partial charge in [-0.25, -0.2) is 5.48 Å². The van der Waals surface area contributed by atoms with Gasteiger partial charge in [0.25, 0.3) is 5.91 Å². The van der Waals surface area contributed by atoms with Crippen molar-refractivity contribution in [2.75, 3.05) is 0 Å². The minimum Gasteiger partial charge on any atom is -0.289 e. The van der Waals surface area contributed by atoms with Gasteiger partial charge in [-0.3, -0.25) is 10.0 Å². The van der Waals surface area contributed by atoms with Crippen LogP contribution >= 0.6 is 0 Å². The van der Waals surface area contributed by atoms with Gasteiger partial charge in [-0.05, 0) is 23.1 Å². The van der Waals surface area contributed by atoms with E-state index in [1.54, 1.807) is 5.48 Å². The normalized spacial score (nSPS) is 11.9. The second-order valence-electron chi connectivity index (χ2n) is 4.81. The first-order valence-corrected chi connectivity index (χ1v) is 6.84. The number of hydroxylamine groups is 1. The van der Waals surface area contributed by atoms with Crippen molar-refractivity contribution in [3.63, 3.8) is 0 Å². The van der Waals surface area contributed by atoms with E-state index in [-0.39, 0.29) is 0 Å². The molecule has 1 amide bonds. The summed E-state index contributed by atoms with van der Waals surface area (Å²) in [6.07, 6.45) is 2.13. The Kier molecular flexibility index (Phi) is 4.91. The Bertz CT molecular complexity index is 549. The topological polar surface area (TPSA) is 49.3 Å². The maximum Gasteiger partial charge on any atom is 0.255 e. The molecule has 0 heterocycles. The number of carbonyl (C=O) groups excluding carboxylic acids is 1. The van der Waals surface area contributed by atoms with Crippen LogP contribution in [0.1, 0.15) is 36.0 Å². The van der Waals surface area contributed by atoms with Gasteiger partial charge >= 0.3 is 0 Å². The van der Waals surface area contributed by atoms with Crippen LogP contribution < -0.4 is 5.48 Å². The Morgan fingerprint density at radius 1 is 1.05 bits per heavy atom. The van der Waals surface area contributed by atoms with E-state index >= 15 is 0 Å². The Labute approximate surface area is 119 Å². The maximum absolute atomic E-state index is 12.0. The lowest BCUT2D eigenvalue weighted by Gasteiger charge is -2.16. The number of aryl methyl sites for hydroxylation is 1. The Morgan fingerprint density at radius 3 is 2.20 bits per heavy atom. The molecule has 0 aliphatic carbocycles. The zero-order chi connectivity index (χ0) is 14.4. The minimum atomic E-state index is -0.489. The predicted octanol–water partition coefficient (Wildman–Crippen LogP) is 3.28. The molecule has 1 atom stereocenters. The van der Waals surface area contributed by atoms with Gasteiger partial charge in [-0.15, -0.1) is 0 Å². The average molecular weight is 269 g/mol. The molecule has 0 bridgehead atoms. The summed E-state index contributed by atoms with van der Waals surface area (Å²) in [5, 5.41) is 8.97. The van der Waals surface area contributed by atoms with Gasteiger partial charge in [-0.1, -0.05) is 67.9 Å². The quantitative estimate of drug-likeness (QED) is 0.646. The molecule has 3 heteroatoms. The number of rotatable bonds is 5. The molecule has 2 aromatic carbocycles. The van der Waals surface area contributed by atoms with E-state index in [1.165, 1.54) is 5.56 Å². The lowest BCUT2D eigenvalue weighted by molar-refractivity contribution is -0.129. The summed E-state index contributed by atoms with van der Waals surface area (Å²) in [6, 6.07) is 17.5. The van der Waals surface area contributed by atoms with Crippen LogP contribution in [0.4, 0.5) is 0 Å². The summed E-state index contributed by atoms with van der Waals surface area (Å²) < 4.78 is 0. The van der Waals surface area contributed by atoms with Crippen LogP contribution in [0.5, 0.6) is 0 Å². The van der Waals surface area contributed by atoms with Gasteiger partial charge < -0.3 is 0 Å². The molecule has 0 aliphatic heterocycles. The molecule has 2 N–H and O–H groups in total. The van der Waals surface area contributed by atoms with E-state index in [2.05, 4.69) is 6.92 Å². The monoisotopic (exact) mass is 269 g/mol. The van der Waals surface area contributed by atoms with Crippen LogP contribution in [-0.4, -0.2) is 11.1 Å². The van der Waals surface area contributed by atoms with Crippen molar-refractivity contribution in [3.8, 4) is 0 Å². The fourth-order valence-electron chi connectivity index (χ4n) is 2.37. The highest BCUT2D eigenvalue weighted by Crippen LogP contribution is 2.25. The number of benzene rings is 2. The van der Waals surface area contributed by atoms with E-state index < -0.39 is 11.8 Å².